The van der Waals surface area contributed by atoms with E-state index in [-0.39, 0.29) is 47.5 Å². The summed E-state index contributed by atoms with van der Waals surface area (Å²) in [6, 6.07) is 6.45. The maximum Gasteiger partial charge on any atom is 2.00 e. The summed E-state index contributed by atoms with van der Waals surface area (Å²) in [5.41, 5.74) is -1.04. The molecule has 6 aromatic rings. The first-order valence-corrected chi connectivity index (χ1v) is 30.1. The predicted molar refractivity (Wildman–Crippen MR) is 247 cm³/mol. The van der Waals surface area contributed by atoms with Crippen molar-refractivity contribution >= 4 is 62.8 Å². The van der Waals surface area contributed by atoms with Crippen molar-refractivity contribution in [3.05, 3.63) is 218 Å². The van der Waals surface area contributed by atoms with Crippen LogP contribution in [-0.2, 0) is 33.3 Å². The van der Waals surface area contributed by atoms with E-state index in [9.17, 15) is 74.4 Å². The molecule has 5 radical (unpaired) electrons. The largest absolute Gasteiger partial charge is 2.00 e. The molecule has 0 spiro atoms. The van der Waals surface area contributed by atoms with Gasteiger partial charge in [0.1, 0.15) is 34.3 Å². The van der Waals surface area contributed by atoms with E-state index in [1.807, 2.05) is 32.1 Å². The molecule has 0 amide bonds. The van der Waals surface area contributed by atoms with Crippen LogP contribution in [0.5, 0.6) is 0 Å². The van der Waals surface area contributed by atoms with Gasteiger partial charge in [-0.15, -0.1) is 0 Å². The molecule has 0 aromatic heterocycles. The van der Waals surface area contributed by atoms with Gasteiger partial charge >= 0.3 is 55.8 Å². The number of halogens is 26. The molecule has 0 saturated heterocycles. The van der Waals surface area contributed by atoms with Crippen LogP contribution in [0.15, 0.2) is 36.4 Å². The van der Waals surface area contributed by atoms with Crippen molar-refractivity contribution in [3.63, 3.8) is 0 Å². The molecule has 453 valence electrons. The van der Waals surface area contributed by atoms with Crippen LogP contribution in [0.2, 0.25) is 0 Å². The Labute approximate surface area is 470 Å². The van der Waals surface area contributed by atoms with E-state index in [1.165, 1.54) is 53.7 Å². The number of hydrogen-bond acceptors (Lipinski definition) is 3. The minimum Gasteiger partial charge on any atom is 2.00 e. The van der Waals surface area contributed by atoms with Crippen LogP contribution in [0, 0.1) is 176 Å². The monoisotopic (exact) mass is 1460 g/mol. The SMILES string of the molecule is CC(C)=O.Cc1cc(C)cc([C@H](OP(c2c(F)c(F)c(F)c(F)c2F)c2c(F)c(F)c(F)c(F)c2F)[C@@H](OP(c2c(F)c(F)c(F)c(F)c2F)c2c(F)c(F)c(F)c(F)c2F)c2cc(C)cc(C)c2)c1.[CH]1[CH][CH][CH][CH]1.[F][Sb-]([F])([F])([F])([F])[F].[Ru+2]. The van der Waals surface area contributed by atoms with E-state index >= 15 is 35.1 Å². The van der Waals surface area contributed by atoms with Gasteiger partial charge in [0.05, 0.1) is 21.2 Å². The minimum atomic E-state index is -11.2. The zero-order valence-electron chi connectivity index (χ0n) is 41.8. The maximum atomic E-state index is 15.9. The molecule has 33 heteroatoms. The molecule has 83 heavy (non-hydrogen) atoms. The van der Waals surface area contributed by atoms with Crippen molar-refractivity contribution in [2.75, 3.05) is 0 Å². The maximum absolute atomic E-state index is 15.9. The van der Waals surface area contributed by atoms with Gasteiger partial charge in [0.15, 0.2) is 93.1 Å². The Bertz CT molecular complexity index is 2920. The van der Waals surface area contributed by atoms with E-state index in [2.05, 4.69) is 0 Å². The van der Waals surface area contributed by atoms with E-state index in [0.29, 0.717) is 0 Å². The Balaban J connectivity index is 0.000000926. The second-order valence-electron chi connectivity index (χ2n) is 17.0. The fourth-order valence-electron chi connectivity index (χ4n) is 7.00. The van der Waals surface area contributed by atoms with Crippen molar-refractivity contribution in [2.24, 2.45) is 0 Å². The average molecular weight is 1460 g/mol. The molecule has 0 heterocycles. The normalized spacial score (nSPS) is 13.9. The molecular weight excluding hydrogens is 1430 g/mol. The molecule has 1 aliphatic carbocycles. The van der Waals surface area contributed by atoms with E-state index in [0.717, 1.165) is 24.3 Å². The molecular formula is C50H31F26O3P2RuSb+. The van der Waals surface area contributed by atoms with Crippen molar-refractivity contribution < 1.29 is 138 Å². The molecule has 1 aliphatic rings. The number of rotatable bonds is 11. The van der Waals surface area contributed by atoms with E-state index < -0.39 is 197 Å². The predicted octanol–water partition coefficient (Wildman–Crippen LogP) is 16.4. The second-order valence-corrected chi connectivity index (χ2v) is 25.8. The molecule has 0 aliphatic heterocycles. The van der Waals surface area contributed by atoms with Crippen molar-refractivity contribution in [3.8, 4) is 0 Å². The number of carbonyl (C=O) groups is 1. The molecule has 6 aromatic carbocycles. The summed E-state index contributed by atoms with van der Waals surface area (Å²) in [6.45, 7) is 8.14. The summed E-state index contributed by atoms with van der Waals surface area (Å²) >= 11 is -11.2. The van der Waals surface area contributed by atoms with Gasteiger partial charge in [-0.3, -0.25) is 0 Å². The third-order valence-electron chi connectivity index (χ3n) is 9.97. The molecule has 1 saturated carbocycles. The Morgan fingerprint density at radius 2 is 0.458 bits per heavy atom. The van der Waals surface area contributed by atoms with Gasteiger partial charge in [-0.25, -0.2) is 87.8 Å². The van der Waals surface area contributed by atoms with Crippen LogP contribution in [-0.4, -0.2) is 25.3 Å². The Hall–Kier alpha value is -4.61. The van der Waals surface area contributed by atoms with Gasteiger partial charge in [-0.2, -0.15) is 0 Å². The Morgan fingerprint density at radius 3 is 0.602 bits per heavy atom. The summed E-state index contributed by atoms with van der Waals surface area (Å²) in [5, 5.41) is -9.78. The molecule has 3 nitrogen and oxygen atoms in total. The summed E-state index contributed by atoms with van der Waals surface area (Å²) < 4.78 is 375. The first kappa shape index (κ1) is 72.6. The first-order valence-electron chi connectivity index (χ1n) is 21.8. The molecule has 0 N–H and O–H groups in total. The second kappa shape index (κ2) is 27.4. The minimum absolute atomic E-state index is 0. The van der Waals surface area contributed by atoms with Gasteiger partial charge in [0.25, 0.3) is 0 Å². The fraction of sp³-hybridized carbons (Fsp3) is 0.160. The van der Waals surface area contributed by atoms with Crippen LogP contribution in [0.1, 0.15) is 59.4 Å². The third kappa shape index (κ3) is 18.0. The van der Waals surface area contributed by atoms with Crippen molar-refractivity contribution in [1.82, 2.24) is 0 Å². The fourth-order valence-corrected chi connectivity index (χ4v) is 11.0. The van der Waals surface area contributed by atoms with Gasteiger partial charge in [-0.05, 0) is 84.8 Å². The molecule has 0 bridgehead atoms. The molecule has 7 rings (SSSR count). The zero-order valence-corrected chi connectivity index (χ0v) is 47.8. The van der Waals surface area contributed by atoms with E-state index in [4.69, 9.17) is 9.05 Å². The van der Waals surface area contributed by atoms with Crippen LogP contribution in [0.3, 0.4) is 0 Å². The number of benzene rings is 6. The van der Waals surface area contributed by atoms with Gasteiger partial charge in [0, 0.05) is 0 Å². The number of hydrogen-bond donors (Lipinski definition) is 0. The Morgan fingerprint density at radius 1 is 0.325 bits per heavy atom. The van der Waals surface area contributed by atoms with Crippen LogP contribution >= 0.6 is 16.3 Å². The first-order chi connectivity index (χ1) is 37.4. The van der Waals surface area contributed by atoms with Gasteiger partial charge in [-0.1, -0.05) is 58.7 Å². The topological polar surface area (TPSA) is 35.5 Å². The standard InChI is InChI=1S/C42H20F20O2P2.C5H5.C3H6O.6FH.Ru.Sb/c1-11-5-12(2)8-15(7-11)37(63-65(39-29(55)21(47)17(43)22(48)30(39)56)40-31(57)23(49)18(44)24(50)32(40)58)38(16-9-13(3)6-14(4)10-16)64-66(41-33(59)25(51)19(45)26(52)34(41)60)42-35(61)27(53)20(46)28(54)36(42)62;1-2-4-5-3-1;1-3(2)4;;;;;;;;/h5-10,37-38H,1-4H3;1-5H;1-2H3;6*1H;;/q;;;;;;;;;+2;+5/p-6/t37-,38-;;;;;;;;;;/m0........../s1. The summed E-state index contributed by atoms with van der Waals surface area (Å²) in [4.78, 5) is 9.44. The molecule has 1 fully saturated rings. The summed E-state index contributed by atoms with van der Waals surface area (Å²) in [6.07, 6.45) is 4.35. The third-order valence-corrected chi connectivity index (χ3v) is 14.0. The zero-order chi connectivity index (χ0) is 62.8. The van der Waals surface area contributed by atoms with Crippen molar-refractivity contribution in [2.45, 2.75) is 53.8 Å². The van der Waals surface area contributed by atoms with Crippen LogP contribution in [0.4, 0.5) is 105 Å². The quantitative estimate of drug-likeness (QED) is 0.0426. The van der Waals surface area contributed by atoms with Crippen LogP contribution < -0.4 is 21.2 Å². The number of ketones is 1. The van der Waals surface area contributed by atoms with Gasteiger partial charge < -0.3 is 13.8 Å². The van der Waals surface area contributed by atoms with Crippen molar-refractivity contribution in [1.29, 1.82) is 0 Å². The number of aryl methyl sites for hydroxylation is 4. The smallest absolute Gasteiger partial charge is 2.00 e. The summed E-state index contributed by atoms with van der Waals surface area (Å²) in [5.74, 6) is -58.9. The number of Topliss-reactive ketones (excluding diaryl/α,β-unsaturated/α-hetero) is 1. The van der Waals surface area contributed by atoms with Crippen LogP contribution in [0.25, 0.3) is 0 Å². The average Bonchev–Trinajstić information content (AvgIpc) is 4.10. The molecule has 2 atom stereocenters. The summed E-state index contributed by atoms with van der Waals surface area (Å²) in [7, 11) is -9.67. The molecule has 0 unspecified atom stereocenters. The number of carbonyl (C=O) groups excluding carboxylic acids is 1. The van der Waals surface area contributed by atoms with Gasteiger partial charge in [0.2, 0.25) is 23.3 Å². The Kier molecular flexibility index (Phi) is 24.0. The van der Waals surface area contributed by atoms with E-state index in [1.54, 1.807) is 0 Å².